The standard InChI is InChI=1S/C15H20O2/c1-10(9-16)13-8-15(3)11(2)5-4-6-12(15)7-14(13)17/h7-8,11,16H,1,4-6,9H2,2-3H3/t11-,15+/m0/s1. The summed E-state index contributed by atoms with van der Waals surface area (Å²) in [7, 11) is 0. The molecule has 0 unspecified atom stereocenters. The van der Waals surface area contributed by atoms with E-state index in [2.05, 4.69) is 20.4 Å². The molecule has 2 aliphatic rings. The van der Waals surface area contributed by atoms with Gasteiger partial charge in [-0.2, -0.15) is 0 Å². The third kappa shape index (κ3) is 1.91. The van der Waals surface area contributed by atoms with Crippen LogP contribution in [0, 0.1) is 11.3 Å². The first-order chi connectivity index (χ1) is 7.99. The highest BCUT2D eigenvalue weighted by Gasteiger charge is 2.39. The summed E-state index contributed by atoms with van der Waals surface area (Å²) < 4.78 is 0. The number of rotatable bonds is 2. The van der Waals surface area contributed by atoms with Crippen molar-refractivity contribution in [1.29, 1.82) is 0 Å². The van der Waals surface area contributed by atoms with Crippen molar-refractivity contribution in [2.75, 3.05) is 6.61 Å². The second-order valence-corrected chi connectivity index (χ2v) is 5.43. The molecule has 92 valence electrons. The molecule has 2 atom stereocenters. The molecular formula is C15H20O2. The highest BCUT2D eigenvalue weighted by atomic mass is 16.3. The predicted octanol–water partition coefficient (Wildman–Crippen LogP) is 2.80. The van der Waals surface area contributed by atoms with Crippen LogP contribution in [0.15, 0.2) is 35.5 Å². The minimum Gasteiger partial charge on any atom is -0.392 e. The predicted molar refractivity (Wildman–Crippen MR) is 68.5 cm³/mol. The molecule has 0 amide bonds. The largest absolute Gasteiger partial charge is 0.392 e. The van der Waals surface area contributed by atoms with E-state index in [4.69, 9.17) is 5.11 Å². The number of carbonyl (C=O) groups is 1. The number of aliphatic hydroxyl groups excluding tert-OH is 1. The zero-order valence-corrected chi connectivity index (χ0v) is 10.6. The third-order valence-corrected chi connectivity index (χ3v) is 4.39. The smallest absolute Gasteiger partial charge is 0.185 e. The van der Waals surface area contributed by atoms with Crippen LogP contribution in [0.4, 0.5) is 0 Å². The summed E-state index contributed by atoms with van der Waals surface area (Å²) in [5.74, 6) is 0.544. The van der Waals surface area contributed by atoms with E-state index >= 15 is 0 Å². The van der Waals surface area contributed by atoms with Crippen LogP contribution >= 0.6 is 0 Å². The normalized spacial score (nSPS) is 32.6. The van der Waals surface area contributed by atoms with Crippen LogP contribution in [0.1, 0.15) is 33.1 Å². The molecule has 0 bridgehead atoms. The summed E-state index contributed by atoms with van der Waals surface area (Å²) >= 11 is 0. The Morgan fingerprint density at radius 2 is 2.35 bits per heavy atom. The van der Waals surface area contributed by atoms with Gasteiger partial charge in [0.2, 0.25) is 0 Å². The Kier molecular flexibility index (Phi) is 3.09. The van der Waals surface area contributed by atoms with Gasteiger partial charge >= 0.3 is 0 Å². The van der Waals surface area contributed by atoms with Gasteiger partial charge in [-0.15, -0.1) is 0 Å². The average Bonchev–Trinajstić information content (AvgIpc) is 2.31. The van der Waals surface area contributed by atoms with Gasteiger partial charge in [-0.25, -0.2) is 0 Å². The van der Waals surface area contributed by atoms with E-state index in [9.17, 15) is 4.79 Å². The van der Waals surface area contributed by atoms with Gasteiger partial charge in [0.1, 0.15) is 0 Å². The first kappa shape index (κ1) is 12.3. The number of ketones is 1. The van der Waals surface area contributed by atoms with Crippen molar-refractivity contribution >= 4 is 5.78 Å². The second-order valence-electron chi connectivity index (χ2n) is 5.43. The van der Waals surface area contributed by atoms with E-state index in [0.717, 1.165) is 6.42 Å². The highest BCUT2D eigenvalue weighted by Crippen LogP contribution is 2.48. The molecule has 0 spiro atoms. The molecule has 0 saturated heterocycles. The van der Waals surface area contributed by atoms with Crippen molar-refractivity contribution in [1.82, 2.24) is 0 Å². The zero-order valence-electron chi connectivity index (χ0n) is 10.6. The maximum Gasteiger partial charge on any atom is 0.185 e. The van der Waals surface area contributed by atoms with Crippen LogP contribution in [0.3, 0.4) is 0 Å². The number of aliphatic hydroxyl groups is 1. The SMILES string of the molecule is C=C(CO)C1=C[C@@]2(C)C(=CC1=O)CCC[C@@H]2C. The van der Waals surface area contributed by atoms with Crippen LogP contribution in [-0.2, 0) is 4.79 Å². The summed E-state index contributed by atoms with van der Waals surface area (Å²) in [6, 6.07) is 0. The number of hydrogen-bond donors (Lipinski definition) is 1. The van der Waals surface area contributed by atoms with Crippen molar-refractivity contribution in [3.05, 3.63) is 35.5 Å². The molecule has 0 radical (unpaired) electrons. The van der Waals surface area contributed by atoms with Crippen molar-refractivity contribution in [2.45, 2.75) is 33.1 Å². The third-order valence-electron chi connectivity index (χ3n) is 4.39. The summed E-state index contributed by atoms with van der Waals surface area (Å²) in [6.45, 7) is 8.05. The molecule has 2 aliphatic carbocycles. The van der Waals surface area contributed by atoms with Gasteiger partial charge in [-0.1, -0.05) is 32.1 Å². The lowest BCUT2D eigenvalue weighted by Crippen LogP contribution is -2.33. The monoisotopic (exact) mass is 232 g/mol. The summed E-state index contributed by atoms with van der Waals surface area (Å²) in [5.41, 5.74) is 2.35. The Hall–Kier alpha value is -1.15. The lowest BCUT2D eigenvalue weighted by Gasteiger charge is -2.42. The minimum absolute atomic E-state index is 0.00521. The lowest BCUT2D eigenvalue weighted by atomic mass is 9.62. The first-order valence-electron chi connectivity index (χ1n) is 6.26. The molecule has 1 N–H and O–H groups in total. The molecule has 17 heavy (non-hydrogen) atoms. The van der Waals surface area contributed by atoms with Gasteiger partial charge < -0.3 is 5.11 Å². The van der Waals surface area contributed by atoms with Gasteiger partial charge in [0.25, 0.3) is 0 Å². The summed E-state index contributed by atoms with van der Waals surface area (Å²) in [5, 5.41) is 9.14. The van der Waals surface area contributed by atoms with E-state index in [-0.39, 0.29) is 17.8 Å². The van der Waals surface area contributed by atoms with E-state index in [1.807, 2.05) is 6.08 Å². The molecule has 0 aliphatic heterocycles. The van der Waals surface area contributed by atoms with Crippen LogP contribution in [0.5, 0.6) is 0 Å². The average molecular weight is 232 g/mol. The van der Waals surface area contributed by atoms with Crippen LogP contribution in [0.25, 0.3) is 0 Å². The lowest BCUT2D eigenvalue weighted by molar-refractivity contribution is -0.111. The van der Waals surface area contributed by atoms with Gasteiger partial charge in [0.05, 0.1) is 6.61 Å². The van der Waals surface area contributed by atoms with E-state index in [1.54, 1.807) is 6.08 Å². The fraction of sp³-hybridized carbons (Fsp3) is 0.533. The quantitative estimate of drug-likeness (QED) is 0.795. The minimum atomic E-state index is -0.148. The molecule has 1 saturated carbocycles. The molecule has 0 heterocycles. The Bertz CT molecular complexity index is 428. The Morgan fingerprint density at radius 1 is 1.65 bits per heavy atom. The van der Waals surface area contributed by atoms with E-state index in [1.165, 1.54) is 18.4 Å². The molecule has 2 heteroatoms. The van der Waals surface area contributed by atoms with Crippen molar-refractivity contribution in [2.24, 2.45) is 11.3 Å². The summed E-state index contributed by atoms with van der Waals surface area (Å²) in [4.78, 5) is 12.0. The molecule has 0 aromatic heterocycles. The fourth-order valence-electron chi connectivity index (χ4n) is 2.92. The fourth-order valence-corrected chi connectivity index (χ4v) is 2.92. The van der Waals surface area contributed by atoms with E-state index in [0.29, 0.717) is 17.1 Å². The topological polar surface area (TPSA) is 37.3 Å². The van der Waals surface area contributed by atoms with Gasteiger partial charge in [-0.05, 0) is 36.8 Å². The molecular weight excluding hydrogens is 212 g/mol. The Balaban J connectivity index is 2.44. The molecule has 1 fully saturated rings. The molecule has 2 nitrogen and oxygen atoms in total. The maximum atomic E-state index is 12.0. The first-order valence-corrected chi connectivity index (χ1v) is 6.26. The van der Waals surface area contributed by atoms with Crippen LogP contribution in [-0.4, -0.2) is 17.5 Å². The highest BCUT2D eigenvalue weighted by molar-refractivity contribution is 6.09. The molecule has 0 aromatic carbocycles. The number of hydrogen-bond acceptors (Lipinski definition) is 2. The maximum absolute atomic E-state index is 12.0. The van der Waals surface area contributed by atoms with Gasteiger partial charge in [0, 0.05) is 11.0 Å². The molecule has 2 rings (SSSR count). The Labute approximate surface area is 103 Å². The van der Waals surface area contributed by atoms with E-state index < -0.39 is 0 Å². The van der Waals surface area contributed by atoms with Crippen molar-refractivity contribution in [3.8, 4) is 0 Å². The zero-order chi connectivity index (χ0) is 12.6. The van der Waals surface area contributed by atoms with Crippen LogP contribution < -0.4 is 0 Å². The van der Waals surface area contributed by atoms with Crippen molar-refractivity contribution in [3.63, 3.8) is 0 Å². The molecule has 0 aromatic rings. The van der Waals surface area contributed by atoms with Gasteiger partial charge in [0.15, 0.2) is 5.78 Å². The summed E-state index contributed by atoms with van der Waals surface area (Å²) in [6.07, 6.45) is 7.18. The number of fused-ring (bicyclic) bond motifs is 1. The van der Waals surface area contributed by atoms with Crippen molar-refractivity contribution < 1.29 is 9.90 Å². The number of allylic oxidation sites excluding steroid dienone is 3. The Morgan fingerprint density at radius 3 is 3.00 bits per heavy atom. The van der Waals surface area contributed by atoms with Gasteiger partial charge in [-0.3, -0.25) is 4.79 Å². The second kappa shape index (κ2) is 4.26. The van der Waals surface area contributed by atoms with Crippen LogP contribution in [0.2, 0.25) is 0 Å². The number of carbonyl (C=O) groups excluding carboxylic acids is 1.